The summed E-state index contributed by atoms with van der Waals surface area (Å²) >= 11 is 0. The van der Waals surface area contributed by atoms with Gasteiger partial charge in [0, 0.05) is 18.6 Å². The fourth-order valence-electron chi connectivity index (χ4n) is 2.46. The zero-order valence-corrected chi connectivity index (χ0v) is 7.81. The van der Waals surface area contributed by atoms with Crippen molar-refractivity contribution in [1.82, 2.24) is 10.6 Å². The molecule has 0 aromatic carbocycles. The first kappa shape index (κ1) is 8.52. The number of piperidine rings is 1. The minimum absolute atomic E-state index is 0.425. The quantitative estimate of drug-likeness (QED) is 0.578. The molecule has 1 spiro atoms. The van der Waals surface area contributed by atoms with Crippen LogP contribution in [0.4, 0.5) is 0 Å². The lowest BCUT2D eigenvalue weighted by atomic mass is 9.86. The normalized spacial score (nSPS) is 38.0. The van der Waals surface area contributed by atoms with E-state index in [0.717, 1.165) is 13.1 Å². The van der Waals surface area contributed by atoms with Crippen molar-refractivity contribution < 1.29 is 0 Å². The molecule has 0 aromatic heterocycles. The van der Waals surface area contributed by atoms with Crippen LogP contribution < -0.4 is 10.6 Å². The summed E-state index contributed by atoms with van der Waals surface area (Å²) < 4.78 is 0. The summed E-state index contributed by atoms with van der Waals surface area (Å²) in [6.45, 7) is 3.39. The van der Waals surface area contributed by atoms with Crippen LogP contribution >= 0.6 is 0 Å². The van der Waals surface area contributed by atoms with E-state index in [1.807, 2.05) is 0 Å². The average Bonchev–Trinajstić information content (AvgIpc) is 2.33. The first-order valence-electron chi connectivity index (χ1n) is 5.30. The summed E-state index contributed by atoms with van der Waals surface area (Å²) in [7, 11) is 0. The number of hydrogen-bond acceptors (Lipinski definition) is 1. The van der Waals surface area contributed by atoms with Crippen LogP contribution in [-0.4, -0.2) is 25.2 Å². The smallest absolute Gasteiger partial charge is 0.0323 e. The second kappa shape index (κ2) is 3.75. The van der Waals surface area contributed by atoms with Crippen LogP contribution in [0.2, 0.25) is 0 Å². The second-order valence-corrected chi connectivity index (χ2v) is 4.23. The molecule has 2 heteroatoms. The summed E-state index contributed by atoms with van der Waals surface area (Å²) in [4.78, 5) is 0. The third kappa shape index (κ3) is 1.80. The molecule has 0 saturated carbocycles. The van der Waals surface area contributed by atoms with E-state index in [0.29, 0.717) is 5.54 Å². The van der Waals surface area contributed by atoms with Crippen molar-refractivity contribution in [2.45, 2.75) is 44.1 Å². The molecule has 1 N–H and O–H groups in total. The lowest BCUT2D eigenvalue weighted by Gasteiger charge is -2.37. The van der Waals surface area contributed by atoms with E-state index in [2.05, 4.69) is 10.6 Å². The Morgan fingerprint density at radius 1 is 1.00 bits per heavy atom. The van der Waals surface area contributed by atoms with Gasteiger partial charge in [-0.1, -0.05) is 12.8 Å². The Hall–Kier alpha value is -0.0800. The monoisotopic (exact) mass is 167 g/mol. The molecular formula is C10H19N2. The van der Waals surface area contributed by atoms with Gasteiger partial charge in [0.05, 0.1) is 0 Å². The minimum atomic E-state index is 0.425. The summed E-state index contributed by atoms with van der Waals surface area (Å²) in [5.74, 6) is 0. The molecule has 1 radical (unpaired) electrons. The van der Waals surface area contributed by atoms with E-state index in [1.54, 1.807) is 0 Å². The SMILES string of the molecule is C1CCNC2(CC1)CCC[N]C2. The zero-order chi connectivity index (χ0) is 8.28. The molecule has 12 heavy (non-hydrogen) atoms. The maximum Gasteiger partial charge on any atom is 0.0323 e. The lowest BCUT2D eigenvalue weighted by Crippen LogP contribution is -2.53. The van der Waals surface area contributed by atoms with Crippen molar-refractivity contribution in [3.05, 3.63) is 0 Å². The topological polar surface area (TPSA) is 26.1 Å². The Bertz CT molecular complexity index is 129. The van der Waals surface area contributed by atoms with Gasteiger partial charge in [-0.25, -0.2) is 5.32 Å². The van der Waals surface area contributed by atoms with Gasteiger partial charge >= 0.3 is 0 Å². The predicted octanol–water partition coefficient (Wildman–Crippen LogP) is 1.29. The molecule has 69 valence electrons. The van der Waals surface area contributed by atoms with Crippen LogP contribution in [0.25, 0.3) is 0 Å². The van der Waals surface area contributed by atoms with Crippen molar-refractivity contribution in [3.8, 4) is 0 Å². The fraction of sp³-hybridized carbons (Fsp3) is 1.00. The van der Waals surface area contributed by atoms with E-state index in [1.165, 1.54) is 45.1 Å². The van der Waals surface area contributed by atoms with Crippen LogP contribution in [-0.2, 0) is 0 Å². The fourth-order valence-corrected chi connectivity index (χ4v) is 2.46. The van der Waals surface area contributed by atoms with Crippen LogP contribution in [0.5, 0.6) is 0 Å². The third-order valence-corrected chi connectivity index (χ3v) is 3.22. The van der Waals surface area contributed by atoms with Crippen molar-refractivity contribution in [3.63, 3.8) is 0 Å². The summed E-state index contributed by atoms with van der Waals surface area (Å²) in [5.41, 5.74) is 0.425. The van der Waals surface area contributed by atoms with Gasteiger partial charge in [0.2, 0.25) is 0 Å². The second-order valence-electron chi connectivity index (χ2n) is 4.23. The Balaban J connectivity index is 1.95. The van der Waals surface area contributed by atoms with Gasteiger partial charge in [-0.2, -0.15) is 0 Å². The van der Waals surface area contributed by atoms with Gasteiger partial charge in [0.1, 0.15) is 0 Å². The Morgan fingerprint density at radius 3 is 2.75 bits per heavy atom. The van der Waals surface area contributed by atoms with Crippen molar-refractivity contribution in [1.29, 1.82) is 0 Å². The summed E-state index contributed by atoms with van der Waals surface area (Å²) in [5, 5.41) is 8.24. The van der Waals surface area contributed by atoms with Gasteiger partial charge in [0.25, 0.3) is 0 Å². The lowest BCUT2D eigenvalue weighted by molar-refractivity contribution is 0.239. The molecule has 2 fully saturated rings. The van der Waals surface area contributed by atoms with Gasteiger partial charge in [-0.3, -0.25) is 0 Å². The predicted molar refractivity (Wildman–Crippen MR) is 50.3 cm³/mol. The van der Waals surface area contributed by atoms with Crippen molar-refractivity contribution in [2.24, 2.45) is 0 Å². The number of nitrogens with zero attached hydrogens (tertiary/aromatic N) is 1. The minimum Gasteiger partial charge on any atom is -0.310 e. The van der Waals surface area contributed by atoms with E-state index in [4.69, 9.17) is 0 Å². The molecule has 1 unspecified atom stereocenters. The Labute approximate surface area is 75.1 Å². The van der Waals surface area contributed by atoms with E-state index < -0.39 is 0 Å². The standard InChI is InChI=1S/C10H19N2/c1-2-5-10(12-8-3-1)6-4-7-11-9-10/h12H,1-9H2. The van der Waals surface area contributed by atoms with Crippen LogP contribution in [0.15, 0.2) is 0 Å². The molecular weight excluding hydrogens is 148 g/mol. The van der Waals surface area contributed by atoms with Crippen molar-refractivity contribution >= 4 is 0 Å². The van der Waals surface area contributed by atoms with Crippen LogP contribution in [0.1, 0.15) is 38.5 Å². The molecule has 2 rings (SSSR count). The highest BCUT2D eigenvalue weighted by atomic mass is 15.1. The number of hydrogen-bond donors (Lipinski definition) is 1. The zero-order valence-electron chi connectivity index (χ0n) is 7.81. The van der Waals surface area contributed by atoms with Gasteiger partial charge in [0.15, 0.2) is 0 Å². The number of rotatable bonds is 0. The van der Waals surface area contributed by atoms with Crippen LogP contribution in [0.3, 0.4) is 0 Å². The Kier molecular flexibility index (Phi) is 2.66. The van der Waals surface area contributed by atoms with E-state index >= 15 is 0 Å². The maximum atomic E-state index is 4.53. The molecule has 2 saturated heterocycles. The Morgan fingerprint density at radius 2 is 1.92 bits per heavy atom. The molecule has 2 aliphatic heterocycles. The first-order valence-corrected chi connectivity index (χ1v) is 5.30. The molecule has 2 aliphatic rings. The van der Waals surface area contributed by atoms with Gasteiger partial charge in [-0.15, -0.1) is 0 Å². The molecule has 2 heterocycles. The molecule has 0 aliphatic carbocycles. The highest BCUT2D eigenvalue weighted by molar-refractivity contribution is 4.94. The highest BCUT2D eigenvalue weighted by Gasteiger charge is 2.32. The largest absolute Gasteiger partial charge is 0.310 e. The third-order valence-electron chi connectivity index (χ3n) is 3.22. The molecule has 1 atom stereocenters. The number of nitrogens with one attached hydrogen (secondary N) is 1. The average molecular weight is 167 g/mol. The van der Waals surface area contributed by atoms with E-state index in [-0.39, 0.29) is 0 Å². The van der Waals surface area contributed by atoms with Crippen LogP contribution in [0, 0.1) is 0 Å². The van der Waals surface area contributed by atoms with Gasteiger partial charge in [-0.05, 0) is 32.2 Å². The van der Waals surface area contributed by atoms with E-state index in [9.17, 15) is 0 Å². The molecule has 0 aromatic rings. The summed E-state index contributed by atoms with van der Waals surface area (Å²) in [6, 6.07) is 0. The molecule has 0 bridgehead atoms. The molecule has 0 amide bonds. The molecule has 2 nitrogen and oxygen atoms in total. The first-order chi connectivity index (χ1) is 5.91. The highest BCUT2D eigenvalue weighted by Crippen LogP contribution is 2.25. The summed E-state index contributed by atoms with van der Waals surface area (Å²) in [6.07, 6.45) is 8.19. The maximum absolute atomic E-state index is 4.53. The van der Waals surface area contributed by atoms with Crippen molar-refractivity contribution in [2.75, 3.05) is 19.6 Å². The van der Waals surface area contributed by atoms with Gasteiger partial charge < -0.3 is 5.32 Å².